The van der Waals surface area contributed by atoms with E-state index in [4.69, 9.17) is 15.6 Å². The third kappa shape index (κ3) is 3.70. The second-order valence-corrected chi connectivity index (χ2v) is 11.3. The van der Waals surface area contributed by atoms with E-state index in [1.54, 1.807) is 30.5 Å². The molecule has 1 aromatic carbocycles. The standard InChI is InChI=1S/C26H33N9O5/c1-24(2)8-10-40-18-13(5-3-6-14(18)24)20(36)32-17-12-35-23(28)31-16(11-30-21(37)15-7-4-9-29-15)19-25(35,26(17,38)39)34-22(27)33-19/h3-7,9,16-17,19,29,38-39H,8,10-12H2,1-2H3,(H2,28,31)(H,30,37)(H,32,36)(H3,27,33,34)/t16-,17-,19-,25-/m0/s1. The second-order valence-electron chi connectivity index (χ2n) is 11.3. The highest BCUT2D eigenvalue weighted by Gasteiger charge is 2.74. The first kappa shape index (κ1) is 26.0. The van der Waals surface area contributed by atoms with Crippen LogP contribution in [-0.2, 0) is 5.41 Å². The number of aromatic nitrogens is 1. The average molecular weight is 552 g/mol. The molecule has 212 valence electrons. The molecule has 1 spiro atoms. The van der Waals surface area contributed by atoms with Crippen LogP contribution in [0.4, 0.5) is 0 Å². The predicted octanol–water partition coefficient (Wildman–Crippen LogP) is -1.30. The van der Waals surface area contributed by atoms with E-state index in [0.717, 1.165) is 12.0 Å². The summed E-state index contributed by atoms with van der Waals surface area (Å²) in [5, 5.41) is 54.5. The first-order chi connectivity index (χ1) is 19.0. The van der Waals surface area contributed by atoms with Crippen LogP contribution in [0.5, 0.6) is 5.75 Å². The first-order valence-electron chi connectivity index (χ1n) is 13.2. The van der Waals surface area contributed by atoms with Gasteiger partial charge in [0.05, 0.1) is 24.3 Å². The molecule has 0 radical (unpaired) electrons. The number of nitrogens with one attached hydrogen (secondary N) is 8. The molecule has 4 atom stereocenters. The summed E-state index contributed by atoms with van der Waals surface area (Å²) in [7, 11) is 0. The normalized spacial score (nSPS) is 29.1. The monoisotopic (exact) mass is 551 g/mol. The van der Waals surface area contributed by atoms with Crippen molar-refractivity contribution in [2.24, 2.45) is 0 Å². The summed E-state index contributed by atoms with van der Waals surface area (Å²) >= 11 is 0. The molecule has 0 bridgehead atoms. The molecule has 5 heterocycles. The van der Waals surface area contributed by atoms with Crippen molar-refractivity contribution in [3.05, 3.63) is 53.3 Å². The summed E-state index contributed by atoms with van der Waals surface area (Å²) in [6.45, 7) is 4.50. The number of aromatic amines is 1. The number of fused-ring (bicyclic) bond motifs is 1. The Hall–Kier alpha value is -4.30. The summed E-state index contributed by atoms with van der Waals surface area (Å²) in [6.07, 6.45) is 2.42. The Bertz CT molecular complexity index is 1390. The number of benzene rings is 1. The van der Waals surface area contributed by atoms with Crippen LogP contribution in [0, 0.1) is 10.8 Å². The van der Waals surface area contributed by atoms with Crippen LogP contribution in [0.1, 0.15) is 46.7 Å². The Balaban J connectivity index is 1.27. The van der Waals surface area contributed by atoms with Gasteiger partial charge in [-0.05, 0) is 30.0 Å². The number of guanidine groups is 2. The van der Waals surface area contributed by atoms with Crippen molar-refractivity contribution in [2.45, 2.75) is 55.3 Å². The zero-order chi connectivity index (χ0) is 28.4. The van der Waals surface area contributed by atoms with E-state index in [9.17, 15) is 19.8 Å². The van der Waals surface area contributed by atoms with Crippen LogP contribution in [0.3, 0.4) is 0 Å². The highest BCUT2D eigenvalue weighted by molar-refractivity contribution is 5.98. The minimum absolute atomic E-state index is 0.0127. The lowest BCUT2D eigenvalue weighted by atomic mass is 9.79. The maximum atomic E-state index is 13.5. The number of aliphatic hydroxyl groups is 2. The molecular formula is C26H33N9O5. The highest BCUT2D eigenvalue weighted by atomic mass is 16.5. The number of carbonyl (C=O) groups is 2. The Morgan fingerprint density at radius 1 is 1.15 bits per heavy atom. The molecule has 3 saturated heterocycles. The minimum atomic E-state index is -2.63. The van der Waals surface area contributed by atoms with Crippen LogP contribution < -0.4 is 31.3 Å². The molecule has 2 amide bonds. The van der Waals surface area contributed by atoms with E-state index in [1.807, 2.05) is 6.07 Å². The molecule has 3 fully saturated rings. The van der Waals surface area contributed by atoms with Crippen LogP contribution >= 0.6 is 0 Å². The average Bonchev–Trinajstić information content (AvgIpc) is 3.61. The van der Waals surface area contributed by atoms with E-state index in [1.165, 1.54) is 4.90 Å². The van der Waals surface area contributed by atoms with Gasteiger partial charge in [-0.25, -0.2) is 0 Å². The minimum Gasteiger partial charge on any atom is -0.492 e. The number of hydrogen-bond donors (Lipinski definition) is 10. The number of hydrogen-bond acceptors (Lipinski definition) is 7. The van der Waals surface area contributed by atoms with Gasteiger partial charge in [-0.1, -0.05) is 26.0 Å². The SMILES string of the molecule is CC1(C)CCOc2c(C(=O)N[C@H]3CN4C(=N)N[C@@H](CNC(=O)c5ccc[nH]5)[C@@H]5NC(=N)N[C@@]54C3(O)O)cccc21. The summed E-state index contributed by atoms with van der Waals surface area (Å²) in [5.41, 5.74) is -0.430. The fourth-order valence-corrected chi connectivity index (χ4v) is 6.30. The molecule has 0 saturated carbocycles. The van der Waals surface area contributed by atoms with E-state index in [0.29, 0.717) is 18.1 Å². The summed E-state index contributed by atoms with van der Waals surface area (Å²) in [4.78, 5) is 30.3. The Morgan fingerprint density at radius 2 is 1.95 bits per heavy atom. The third-order valence-corrected chi connectivity index (χ3v) is 8.49. The first-order valence-corrected chi connectivity index (χ1v) is 13.2. The van der Waals surface area contributed by atoms with Crippen molar-refractivity contribution in [1.82, 2.24) is 36.5 Å². The van der Waals surface area contributed by atoms with E-state index in [-0.39, 0.29) is 41.9 Å². The van der Waals surface area contributed by atoms with Crippen molar-refractivity contribution in [3.8, 4) is 5.75 Å². The topological polar surface area (TPSA) is 211 Å². The molecule has 40 heavy (non-hydrogen) atoms. The second kappa shape index (κ2) is 8.86. The molecule has 0 aliphatic carbocycles. The lowest BCUT2D eigenvalue weighted by molar-refractivity contribution is -0.232. The number of amides is 2. The predicted molar refractivity (Wildman–Crippen MR) is 143 cm³/mol. The van der Waals surface area contributed by atoms with E-state index in [2.05, 4.69) is 45.4 Å². The van der Waals surface area contributed by atoms with Gasteiger partial charge in [0.1, 0.15) is 17.5 Å². The number of ether oxygens (including phenoxy) is 1. The number of nitrogens with zero attached hydrogens (tertiary/aromatic N) is 1. The maximum absolute atomic E-state index is 13.5. The van der Waals surface area contributed by atoms with Gasteiger partial charge in [-0.2, -0.15) is 0 Å². The molecule has 1 aromatic heterocycles. The molecule has 0 unspecified atom stereocenters. The number of rotatable bonds is 5. The van der Waals surface area contributed by atoms with Crippen molar-refractivity contribution in [1.29, 1.82) is 10.8 Å². The Morgan fingerprint density at radius 3 is 2.70 bits per heavy atom. The van der Waals surface area contributed by atoms with Gasteiger partial charge in [0.25, 0.3) is 11.8 Å². The number of para-hydroxylation sites is 1. The highest BCUT2D eigenvalue weighted by Crippen LogP contribution is 2.44. The van der Waals surface area contributed by atoms with Crippen molar-refractivity contribution in [2.75, 3.05) is 19.7 Å². The van der Waals surface area contributed by atoms with Gasteiger partial charge < -0.3 is 51.4 Å². The van der Waals surface area contributed by atoms with E-state index >= 15 is 0 Å². The molecule has 14 nitrogen and oxygen atoms in total. The van der Waals surface area contributed by atoms with Crippen molar-refractivity contribution in [3.63, 3.8) is 0 Å². The number of H-pyrrole nitrogens is 1. The van der Waals surface area contributed by atoms with Crippen LogP contribution in [-0.4, -0.2) is 93.1 Å². The van der Waals surface area contributed by atoms with Crippen LogP contribution in [0.15, 0.2) is 36.5 Å². The van der Waals surface area contributed by atoms with Gasteiger partial charge >= 0.3 is 0 Å². The summed E-state index contributed by atoms with van der Waals surface area (Å²) in [5.74, 6) is -3.41. The molecule has 4 aliphatic rings. The molecule has 14 heteroatoms. The quantitative estimate of drug-likeness (QED) is 0.200. The molecule has 4 aliphatic heterocycles. The molecule has 6 rings (SSSR count). The van der Waals surface area contributed by atoms with E-state index < -0.39 is 35.5 Å². The zero-order valence-corrected chi connectivity index (χ0v) is 22.1. The summed E-state index contributed by atoms with van der Waals surface area (Å²) in [6, 6.07) is 5.82. The smallest absolute Gasteiger partial charge is 0.267 e. The van der Waals surface area contributed by atoms with Gasteiger partial charge in [0.2, 0.25) is 5.79 Å². The Kier molecular flexibility index (Phi) is 5.75. The van der Waals surface area contributed by atoms with Gasteiger partial charge in [0, 0.05) is 24.8 Å². The van der Waals surface area contributed by atoms with Crippen molar-refractivity contribution >= 4 is 23.7 Å². The maximum Gasteiger partial charge on any atom is 0.267 e. The van der Waals surface area contributed by atoms with Gasteiger partial charge in [-0.3, -0.25) is 20.4 Å². The third-order valence-electron chi connectivity index (χ3n) is 8.49. The fourth-order valence-electron chi connectivity index (χ4n) is 6.30. The molecular weight excluding hydrogens is 518 g/mol. The van der Waals surface area contributed by atoms with Crippen LogP contribution in [0.25, 0.3) is 0 Å². The van der Waals surface area contributed by atoms with Gasteiger partial charge in [-0.15, -0.1) is 0 Å². The Labute approximate surface area is 229 Å². The zero-order valence-electron chi connectivity index (χ0n) is 22.1. The lowest BCUT2D eigenvalue weighted by Gasteiger charge is -2.51. The number of carbonyl (C=O) groups excluding carboxylic acids is 2. The van der Waals surface area contributed by atoms with Crippen LogP contribution in [0.2, 0.25) is 0 Å². The lowest BCUT2D eigenvalue weighted by Crippen LogP contribution is -2.81. The van der Waals surface area contributed by atoms with Crippen molar-refractivity contribution < 1.29 is 24.5 Å². The largest absolute Gasteiger partial charge is 0.492 e. The molecule has 10 N–H and O–H groups in total. The molecule has 2 aromatic rings. The fraction of sp³-hybridized carbons (Fsp3) is 0.462. The van der Waals surface area contributed by atoms with Gasteiger partial charge in [0.15, 0.2) is 17.6 Å². The summed E-state index contributed by atoms with van der Waals surface area (Å²) < 4.78 is 5.88.